The highest BCUT2D eigenvalue weighted by atomic mass is 19.4. The largest absolute Gasteiger partial charge is 0.417 e. The van der Waals surface area contributed by atoms with Crippen LogP contribution in [0.25, 0.3) is 22.5 Å². The molecule has 36 heavy (non-hydrogen) atoms. The average molecular weight is 490 g/mol. The maximum atomic E-state index is 13.7. The number of carbonyl (C=O) groups excluding carboxylic acids is 2. The first kappa shape index (κ1) is 23.5. The average Bonchev–Trinajstić information content (AvgIpc) is 3.29. The predicted octanol–water partition coefficient (Wildman–Crippen LogP) is 5.48. The van der Waals surface area contributed by atoms with Crippen LogP contribution in [0.2, 0.25) is 0 Å². The van der Waals surface area contributed by atoms with Crippen LogP contribution < -0.4 is 5.32 Å². The maximum absolute atomic E-state index is 13.7. The molecule has 0 saturated carbocycles. The summed E-state index contributed by atoms with van der Waals surface area (Å²) in [5.41, 5.74) is 2.32. The van der Waals surface area contributed by atoms with E-state index >= 15 is 0 Å². The summed E-state index contributed by atoms with van der Waals surface area (Å²) in [7, 11) is 1.60. The summed E-state index contributed by atoms with van der Waals surface area (Å²) >= 11 is 0. The van der Waals surface area contributed by atoms with Gasteiger partial charge < -0.3 is 5.32 Å². The minimum atomic E-state index is -4.61. The molecular weight excluding hydrogens is 469 g/mol. The fourth-order valence-electron chi connectivity index (χ4n) is 4.33. The molecule has 0 bridgehead atoms. The minimum Gasteiger partial charge on any atom is -0.320 e. The van der Waals surface area contributed by atoms with Crippen molar-refractivity contribution in [3.8, 4) is 22.5 Å². The summed E-state index contributed by atoms with van der Waals surface area (Å²) in [6, 6.07) is 15.7. The molecule has 4 aromatic rings. The Balaban J connectivity index is 1.56. The first-order chi connectivity index (χ1) is 17.2. The van der Waals surface area contributed by atoms with Gasteiger partial charge in [0, 0.05) is 48.5 Å². The van der Waals surface area contributed by atoms with E-state index in [4.69, 9.17) is 4.98 Å². The third-order valence-electron chi connectivity index (χ3n) is 6.09. The summed E-state index contributed by atoms with van der Waals surface area (Å²) < 4.78 is 42.4. The zero-order valence-corrected chi connectivity index (χ0v) is 19.3. The SMILES string of the molecule is Cn1ccc(-c2cc(C(=O)Nc3cc4c(nc3-c3ccccc3)CCC(=O)C4)ccc2C(F)(F)F)n1. The van der Waals surface area contributed by atoms with Crippen LogP contribution in [-0.2, 0) is 30.9 Å². The van der Waals surface area contributed by atoms with Gasteiger partial charge in [-0.15, -0.1) is 0 Å². The quantitative estimate of drug-likeness (QED) is 0.411. The molecule has 182 valence electrons. The Bertz CT molecular complexity index is 1480. The number of nitrogens with one attached hydrogen (secondary N) is 1. The van der Waals surface area contributed by atoms with Crippen LogP contribution in [0.1, 0.15) is 33.6 Å². The molecule has 0 aliphatic heterocycles. The standard InChI is InChI=1S/C27H21F3N4O2/c1-34-12-11-23(33-34)20-14-17(7-9-21(20)27(28,29)30)26(36)32-24-15-18-13-19(35)8-10-22(18)31-25(24)16-5-3-2-4-6-16/h2-7,9,11-12,14-15H,8,10,13H2,1H3,(H,32,36). The molecule has 2 heterocycles. The van der Waals surface area contributed by atoms with Gasteiger partial charge in [0.25, 0.3) is 5.91 Å². The Morgan fingerprint density at radius 1 is 1.03 bits per heavy atom. The Labute approximate surface area is 204 Å². The highest BCUT2D eigenvalue weighted by Gasteiger charge is 2.34. The van der Waals surface area contributed by atoms with E-state index < -0.39 is 17.6 Å². The third-order valence-corrected chi connectivity index (χ3v) is 6.09. The molecule has 0 fully saturated rings. The van der Waals surface area contributed by atoms with Gasteiger partial charge in [0.2, 0.25) is 0 Å². The van der Waals surface area contributed by atoms with Crippen molar-refractivity contribution < 1.29 is 22.8 Å². The number of alkyl halides is 3. The second-order valence-corrected chi connectivity index (χ2v) is 8.66. The summed E-state index contributed by atoms with van der Waals surface area (Å²) in [6.07, 6.45) is -1.91. The lowest BCUT2D eigenvalue weighted by Crippen LogP contribution is -2.19. The molecule has 5 rings (SSSR count). The van der Waals surface area contributed by atoms with Gasteiger partial charge in [-0.3, -0.25) is 19.3 Å². The van der Waals surface area contributed by atoms with Crippen LogP contribution in [0, 0.1) is 0 Å². The van der Waals surface area contributed by atoms with E-state index in [9.17, 15) is 22.8 Å². The van der Waals surface area contributed by atoms with Crippen LogP contribution in [0.3, 0.4) is 0 Å². The van der Waals surface area contributed by atoms with E-state index in [-0.39, 0.29) is 29.0 Å². The molecule has 2 aromatic heterocycles. The second-order valence-electron chi connectivity index (χ2n) is 8.66. The smallest absolute Gasteiger partial charge is 0.320 e. The van der Waals surface area contributed by atoms with E-state index in [2.05, 4.69) is 10.4 Å². The van der Waals surface area contributed by atoms with Crippen LogP contribution >= 0.6 is 0 Å². The van der Waals surface area contributed by atoms with E-state index in [1.165, 1.54) is 23.0 Å². The maximum Gasteiger partial charge on any atom is 0.417 e. The summed E-state index contributed by atoms with van der Waals surface area (Å²) in [6.45, 7) is 0. The molecular formula is C27H21F3N4O2. The van der Waals surface area contributed by atoms with Gasteiger partial charge in [-0.05, 0) is 42.3 Å². The summed E-state index contributed by atoms with van der Waals surface area (Å²) in [5, 5.41) is 6.90. The molecule has 1 N–H and O–H groups in total. The fourth-order valence-corrected chi connectivity index (χ4v) is 4.33. The lowest BCUT2D eigenvalue weighted by Gasteiger charge is -2.19. The Morgan fingerprint density at radius 3 is 2.50 bits per heavy atom. The van der Waals surface area contributed by atoms with Gasteiger partial charge in [0.05, 0.1) is 22.6 Å². The van der Waals surface area contributed by atoms with Crippen molar-refractivity contribution in [1.29, 1.82) is 0 Å². The number of aryl methyl sites for hydroxylation is 2. The number of nitrogens with zero attached hydrogens (tertiary/aromatic N) is 3. The second kappa shape index (κ2) is 9.07. The number of ketones is 1. The zero-order chi connectivity index (χ0) is 25.4. The topological polar surface area (TPSA) is 76.9 Å². The lowest BCUT2D eigenvalue weighted by molar-refractivity contribution is -0.137. The number of halogens is 3. The molecule has 0 radical (unpaired) electrons. The van der Waals surface area contributed by atoms with Gasteiger partial charge in [0.15, 0.2) is 0 Å². The number of pyridine rings is 1. The van der Waals surface area contributed by atoms with E-state index in [0.717, 1.165) is 29.0 Å². The highest BCUT2D eigenvalue weighted by molar-refractivity contribution is 6.07. The molecule has 1 aliphatic rings. The molecule has 1 amide bonds. The van der Waals surface area contributed by atoms with Gasteiger partial charge >= 0.3 is 6.18 Å². The van der Waals surface area contributed by atoms with Crippen molar-refractivity contribution in [3.63, 3.8) is 0 Å². The first-order valence-corrected chi connectivity index (χ1v) is 11.3. The number of aromatic nitrogens is 3. The normalized spacial score (nSPS) is 13.4. The first-order valence-electron chi connectivity index (χ1n) is 11.3. The molecule has 9 heteroatoms. The Morgan fingerprint density at radius 2 is 1.81 bits per heavy atom. The summed E-state index contributed by atoms with van der Waals surface area (Å²) in [4.78, 5) is 30.0. The van der Waals surface area contributed by atoms with Crippen LogP contribution in [0.15, 0.2) is 66.9 Å². The van der Waals surface area contributed by atoms with E-state index in [1.54, 1.807) is 13.1 Å². The number of fused-ring (bicyclic) bond motifs is 1. The molecule has 0 unspecified atom stereocenters. The van der Waals surface area contributed by atoms with Crippen molar-refractivity contribution >= 4 is 17.4 Å². The van der Waals surface area contributed by atoms with Gasteiger partial charge in [-0.1, -0.05) is 30.3 Å². The Hall–Kier alpha value is -4.27. The predicted molar refractivity (Wildman–Crippen MR) is 128 cm³/mol. The molecule has 0 saturated heterocycles. The Kier molecular flexibility index (Phi) is 5.91. The van der Waals surface area contributed by atoms with E-state index in [1.807, 2.05) is 30.3 Å². The molecule has 0 atom stereocenters. The number of carbonyl (C=O) groups is 2. The number of rotatable bonds is 4. The summed E-state index contributed by atoms with van der Waals surface area (Å²) in [5.74, 6) is -0.501. The van der Waals surface area contributed by atoms with Crippen LogP contribution in [-0.4, -0.2) is 26.5 Å². The van der Waals surface area contributed by atoms with Gasteiger partial charge in [-0.25, -0.2) is 0 Å². The monoisotopic (exact) mass is 490 g/mol. The molecule has 1 aliphatic carbocycles. The van der Waals surface area contributed by atoms with E-state index in [0.29, 0.717) is 24.2 Å². The van der Waals surface area contributed by atoms with Crippen LogP contribution in [0.5, 0.6) is 0 Å². The van der Waals surface area contributed by atoms with Crippen LogP contribution in [0.4, 0.5) is 18.9 Å². The van der Waals surface area contributed by atoms with Gasteiger partial charge in [0.1, 0.15) is 5.78 Å². The number of Topliss-reactive ketones (excluding diaryl/α,β-unsaturated/α-hetero) is 1. The fraction of sp³-hybridized carbons (Fsp3) is 0.185. The van der Waals surface area contributed by atoms with Gasteiger partial charge in [-0.2, -0.15) is 18.3 Å². The number of benzene rings is 2. The molecule has 2 aromatic carbocycles. The lowest BCUT2D eigenvalue weighted by atomic mass is 9.93. The minimum absolute atomic E-state index is 0.0384. The number of hydrogen-bond donors (Lipinski definition) is 1. The number of amides is 1. The number of anilines is 1. The number of hydrogen-bond acceptors (Lipinski definition) is 4. The molecule has 6 nitrogen and oxygen atoms in total. The van der Waals surface area contributed by atoms with Crippen molar-refractivity contribution in [3.05, 3.63) is 89.2 Å². The van der Waals surface area contributed by atoms with Crippen molar-refractivity contribution in [2.24, 2.45) is 7.05 Å². The van der Waals surface area contributed by atoms with Crippen molar-refractivity contribution in [1.82, 2.24) is 14.8 Å². The third kappa shape index (κ3) is 4.64. The van der Waals surface area contributed by atoms with Crippen molar-refractivity contribution in [2.45, 2.75) is 25.4 Å². The zero-order valence-electron chi connectivity index (χ0n) is 19.3. The van der Waals surface area contributed by atoms with Crippen molar-refractivity contribution in [2.75, 3.05) is 5.32 Å². The molecule has 0 spiro atoms. The highest BCUT2D eigenvalue weighted by Crippen LogP contribution is 2.37.